The molecule has 1 fully saturated rings. The lowest BCUT2D eigenvalue weighted by molar-refractivity contribution is -0.200. The molecule has 0 aromatic rings. The average molecular weight is 319 g/mol. The number of amides is 2. The van der Waals surface area contributed by atoms with Gasteiger partial charge in [-0.25, -0.2) is 4.79 Å². The summed E-state index contributed by atoms with van der Waals surface area (Å²) < 4.78 is 20.2. The monoisotopic (exact) mass is 319 g/mol. The van der Waals surface area contributed by atoms with Crippen LogP contribution in [0, 0.1) is 0 Å². The maximum atomic E-state index is 11.4. The number of hydrogen-bond donors (Lipinski definition) is 0. The number of rotatable bonds is 12. The van der Waals surface area contributed by atoms with Gasteiger partial charge in [0.25, 0.3) is 11.8 Å². The summed E-state index contributed by atoms with van der Waals surface area (Å²) in [4.78, 5) is 38.4. The minimum Gasteiger partial charge on any atom is -0.382 e. The van der Waals surface area contributed by atoms with Crippen LogP contribution in [0.2, 0.25) is 0 Å². The summed E-state index contributed by atoms with van der Waals surface area (Å²) >= 11 is 0. The fourth-order valence-corrected chi connectivity index (χ4v) is 1.52. The second kappa shape index (κ2) is 11.1. The summed E-state index contributed by atoms with van der Waals surface area (Å²) in [6.45, 7) is 2.03. The maximum Gasteiger partial charge on any atom is 0.358 e. The quantitative estimate of drug-likeness (QED) is 0.343. The van der Waals surface area contributed by atoms with Crippen molar-refractivity contribution in [1.29, 1.82) is 0 Å². The molecule has 2 amide bonds. The van der Waals surface area contributed by atoms with Crippen LogP contribution in [0.3, 0.4) is 0 Å². The maximum absolute atomic E-state index is 11.4. The number of hydroxylamine groups is 2. The molecule has 0 aromatic carbocycles. The Kier molecular flexibility index (Phi) is 9.31. The van der Waals surface area contributed by atoms with E-state index in [2.05, 4.69) is 4.84 Å². The molecule has 22 heavy (non-hydrogen) atoms. The third kappa shape index (κ3) is 7.46. The SMILES string of the molecule is COCCOCCOCCOCC(=O)ON1C(=O)CCC1=O. The zero-order valence-corrected chi connectivity index (χ0v) is 12.6. The molecule has 1 aliphatic heterocycles. The van der Waals surface area contributed by atoms with Crippen molar-refractivity contribution in [2.75, 3.05) is 53.4 Å². The highest BCUT2D eigenvalue weighted by Crippen LogP contribution is 2.11. The molecule has 0 bridgehead atoms. The van der Waals surface area contributed by atoms with E-state index in [1.165, 1.54) is 0 Å². The summed E-state index contributed by atoms with van der Waals surface area (Å²) in [5.74, 6) is -1.84. The first-order chi connectivity index (χ1) is 10.6. The van der Waals surface area contributed by atoms with Crippen LogP contribution in [0.4, 0.5) is 0 Å². The van der Waals surface area contributed by atoms with Crippen LogP contribution < -0.4 is 0 Å². The number of methoxy groups -OCH3 is 1. The van der Waals surface area contributed by atoms with E-state index in [1.807, 2.05) is 0 Å². The minimum absolute atomic E-state index is 0.0628. The van der Waals surface area contributed by atoms with Gasteiger partial charge in [0.2, 0.25) is 0 Å². The Bertz CT molecular complexity index is 357. The Morgan fingerprint density at radius 2 is 1.41 bits per heavy atom. The topological polar surface area (TPSA) is 101 Å². The second-order valence-corrected chi connectivity index (χ2v) is 4.32. The highest BCUT2D eigenvalue weighted by Gasteiger charge is 2.32. The molecule has 1 heterocycles. The Morgan fingerprint density at radius 1 is 0.909 bits per heavy atom. The first-order valence-electron chi connectivity index (χ1n) is 6.94. The molecule has 0 aliphatic carbocycles. The van der Waals surface area contributed by atoms with Crippen molar-refractivity contribution in [1.82, 2.24) is 5.06 Å². The highest BCUT2D eigenvalue weighted by molar-refractivity contribution is 6.01. The molecular weight excluding hydrogens is 298 g/mol. The highest BCUT2D eigenvalue weighted by atomic mass is 16.7. The van der Waals surface area contributed by atoms with Crippen molar-refractivity contribution in [2.24, 2.45) is 0 Å². The van der Waals surface area contributed by atoms with Gasteiger partial charge in [-0.3, -0.25) is 9.59 Å². The average Bonchev–Trinajstić information content (AvgIpc) is 2.81. The summed E-state index contributed by atoms with van der Waals surface area (Å²) in [6, 6.07) is 0. The van der Waals surface area contributed by atoms with Gasteiger partial charge in [0, 0.05) is 20.0 Å². The minimum atomic E-state index is -0.800. The lowest BCUT2D eigenvalue weighted by Crippen LogP contribution is -2.33. The van der Waals surface area contributed by atoms with Crippen LogP contribution in [-0.2, 0) is 38.2 Å². The molecule has 9 nitrogen and oxygen atoms in total. The lowest BCUT2D eigenvalue weighted by Gasteiger charge is -2.12. The van der Waals surface area contributed by atoms with E-state index >= 15 is 0 Å². The van der Waals surface area contributed by atoms with Crippen LogP contribution in [-0.4, -0.2) is 76.2 Å². The number of carbonyl (C=O) groups is 3. The lowest BCUT2D eigenvalue weighted by atomic mass is 10.4. The molecule has 126 valence electrons. The van der Waals surface area contributed by atoms with Gasteiger partial charge in [0.05, 0.1) is 39.6 Å². The van der Waals surface area contributed by atoms with Crippen LogP contribution >= 0.6 is 0 Å². The molecule has 1 rings (SSSR count). The zero-order valence-electron chi connectivity index (χ0n) is 12.6. The Morgan fingerprint density at radius 3 is 1.95 bits per heavy atom. The van der Waals surface area contributed by atoms with Crippen molar-refractivity contribution in [2.45, 2.75) is 12.8 Å². The number of nitrogens with zero attached hydrogens (tertiary/aromatic N) is 1. The van der Waals surface area contributed by atoms with Gasteiger partial charge in [0.15, 0.2) is 0 Å². The number of hydrogen-bond acceptors (Lipinski definition) is 8. The summed E-state index contributed by atoms with van der Waals surface area (Å²) in [7, 11) is 1.59. The molecule has 0 spiro atoms. The number of carbonyl (C=O) groups excluding carboxylic acids is 3. The molecule has 1 saturated heterocycles. The molecule has 9 heteroatoms. The van der Waals surface area contributed by atoms with Gasteiger partial charge in [0.1, 0.15) is 6.61 Å². The fourth-order valence-electron chi connectivity index (χ4n) is 1.52. The third-order valence-electron chi connectivity index (χ3n) is 2.59. The second-order valence-electron chi connectivity index (χ2n) is 4.32. The normalized spacial score (nSPS) is 14.7. The van der Waals surface area contributed by atoms with E-state index in [-0.39, 0.29) is 26.1 Å². The Labute approximate surface area is 128 Å². The van der Waals surface area contributed by atoms with Crippen molar-refractivity contribution >= 4 is 17.8 Å². The molecule has 0 radical (unpaired) electrons. The van der Waals surface area contributed by atoms with Gasteiger partial charge in [-0.05, 0) is 0 Å². The zero-order chi connectivity index (χ0) is 16.2. The van der Waals surface area contributed by atoms with Gasteiger partial charge in [-0.1, -0.05) is 0 Å². The summed E-state index contributed by atoms with van der Waals surface area (Å²) in [5, 5.41) is 0.486. The van der Waals surface area contributed by atoms with Crippen molar-refractivity contribution < 1.29 is 38.2 Å². The van der Waals surface area contributed by atoms with Crippen molar-refractivity contribution in [3.63, 3.8) is 0 Å². The van der Waals surface area contributed by atoms with E-state index in [0.717, 1.165) is 0 Å². The Balaban J connectivity index is 1.93. The number of imide groups is 1. The molecule has 0 unspecified atom stereocenters. The van der Waals surface area contributed by atoms with Crippen molar-refractivity contribution in [3.05, 3.63) is 0 Å². The number of ether oxygens (including phenoxy) is 4. The van der Waals surface area contributed by atoms with Crippen LogP contribution in [0.25, 0.3) is 0 Å². The molecule has 0 atom stereocenters. The smallest absolute Gasteiger partial charge is 0.358 e. The van der Waals surface area contributed by atoms with Crippen LogP contribution in [0.15, 0.2) is 0 Å². The van der Waals surface area contributed by atoms with Crippen molar-refractivity contribution in [3.8, 4) is 0 Å². The van der Waals surface area contributed by atoms with E-state index in [9.17, 15) is 14.4 Å². The van der Waals surface area contributed by atoms with E-state index in [0.29, 0.717) is 38.1 Å². The van der Waals surface area contributed by atoms with Gasteiger partial charge >= 0.3 is 5.97 Å². The standard InChI is InChI=1S/C13H21NO8/c1-18-4-5-19-6-7-20-8-9-21-10-13(17)22-14-11(15)2-3-12(14)16/h2-10H2,1H3. The van der Waals surface area contributed by atoms with E-state index < -0.39 is 17.8 Å². The first kappa shape index (κ1) is 18.5. The predicted octanol–water partition coefficient (Wildman–Crippen LogP) is -0.710. The summed E-state index contributed by atoms with van der Waals surface area (Å²) in [5.41, 5.74) is 0. The molecule has 0 aromatic heterocycles. The molecule has 0 saturated carbocycles. The molecule has 1 aliphatic rings. The first-order valence-corrected chi connectivity index (χ1v) is 6.94. The Hall–Kier alpha value is -1.55. The van der Waals surface area contributed by atoms with E-state index in [4.69, 9.17) is 18.9 Å². The van der Waals surface area contributed by atoms with Gasteiger partial charge < -0.3 is 23.8 Å². The third-order valence-corrected chi connectivity index (χ3v) is 2.59. The van der Waals surface area contributed by atoms with Gasteiger partial charge in [-0.15, -0.1) is 5.06 Å². The fraction of sp³-hybridized carbons (Fsp3) is 0.769. The predicted molar refractivity (Wildman–Crippen MR) is 71.5 cm³/mol. The van der Waals surface area contributed by atoms with Gasteiger partial charge in [-0.2, -0.15) is 0 Å². The largest absolute Gasteiger partial charge is 0.382 e. The van der Waals surface area contributed by atoms with E-state index in [1.54, 1.807) is 7.11 Å². The van der Waals surface area contributed by atoms with Crippen LogP contribution in [0.1, 0.15) is 12.8 Å². The summed E-state index contributed by atoms with van der Waals surface area (Å²) in [6.07, 6.45) is 0.126. The molecular formula is C13H21NO8. The molecule has 0 N–H and O–H groups in total. The van der Waals surface area contributed by atoms with Crippen LogP contribution in [0.5, 0.6) is 0 Å².